The molecule has 1 aliphatic rings. The van der Waals surface area contributed by atoms with Gasteiger partial charge >= 0.3 is 0 Å². The molecule has 1 aromatic heterocycles. The normalized spacial score (nSPS) is 23.4. The van der Waals surface area contributed by atoms with E-state index in [9.17, 15) is 0 Å². The molecule has 2 aromatic rings. The molecule has 1 aliphatic carbocycles. The summed E-state index contributed by atoms with van der Waals surface area (Å²) in [7, 11) is 0. The van der Waals surface area contributed by atoms with Crippen molar-refractivity contribution in [3.8, 4) is 0 Å². The van der Waals surface area contributed by atoms with Crippen LogP contribution >= 0.6 is 0 Å². The van der Waals surface area contributed by atoms with Gasteiger partial charge in [0.2, 0.25) is 0 Å². The Labute approximate surface area is 102 Å². The Kier molecular flexibility index (Phi) is 2.71. The molecule has 0 amide bonds. The molecular weight excluding hydrogens is 208 g/mol. The fourth-order valence-electron chi connectivity index (χ4n) is 3.08. The molecule has 1 aromatic carbocycles. The van der Waals surface area contributed by atoms with Gasteiger partial charge in [-0.2, -0.15) is 0 Å². The molecule has 3 rings (SSSR count). The van der Waals surface area contributed by atoms with Crippen molar-refractivity contribution in [3.05, 3.63) is 53.6 Å². The molecule has 0 fully saturated rings. The summed E-state index contributed by atoms with van der Waals surface area (Å²) in [5.41, 5.74) is 4.35. The van der Waals surface area contributed by atoms with Gasteiger partial charge in [-0.1, -0.05) is 31.2 Å². The zero-order chi connectivity index (χ0) is 11.7. The molecule has 2 atom stereocenters. The first-order chi connectivity index (χ1) is 8.33. The summed E-state index contributed by atoms with van der Waals surface area (Å²) in [6.45, 7) is 2.35. The minimum Gasteiger partial charge on any atom is -0.348 e. The van der Waals surface area contributed by atoms with E-state index in [0.29, 0.717) is 5.92 Å². The maximum absolute atomic E-state index is 4.10. The Bertz CT molecular complexity index is 487. The first kappa shape index (κ1) is 10.6. The van der Waals surface area contributed by atoms with E-state index >= 15 is 0 Å². The van der Waals surface area contributed by atoms with Crippen molar-refractivity contribution < 1.29 is 0 Å². The second-order valence-electron chi connectivity index (χ2n) is 5.19. The third kappa shape index (κ3) is 2.12. The van der Waals surface area contributed by atoms with Gasteiger partial charge in [-0.3, -0.25) is 0 Å². The average Bonchev–Trinajstić information content (AvgIpc) is 2.82. The number of fused-ring (bicyclic) bond motifs is 1. The minimum atomic E-state index is 0.688. The topological polar surface area (TPSA) is 28.7 Å². The molecule has 2 nitrogen and oxygen atoms in total. The van der Waals surface area contributed by atoms with Gasteiger partial charge in [-0.05, 0) is 42.2 Å². The first-order valence-corrected chi connectivity index (χ1v) is 6.38. The van der Waals surface area contributed by atoms with Crippen LogP contribution in [-0.4, -0.2) is 9.97 Å². The summed E-state index contributed by atoms with van der Waals surface area (Å²) < 4.78 is 0. The van der Waals surface area contributed by atoms with Crippen LogP contribution in [0.5, 0.6) is 0 Å². The van der Waals surface area contributed by atoms with Gasteiger partial charge in [0.15, 0.2) is 0 Å². The molecule has 2 heteroatoms. The van der Waals surface area contributed by atoms with Crippen LogP contribution in [0.25, 0.3) is 0 Å². The van der Waals surface area contributed by atoms with Crippen molar-refractivity contribution in [2.75, 3.05) is 0 Å². The summed E-state index contributed by atoms with van der Waals surface area (Å²) in [6, 6.07) is 8.88. The highest BCUT2D eigenvalue weighted by Gasteiger charge is 2.23. The Morgan fingerprint density at radius 3 is 3.06 bits per heavy atom. The number of rotatable bonds is 2. The Hall–Kier alpha value is -1.57. The highest BCUT2D eigenvalue weighted by atomic mass is 14.9. The van der Waals surface area contributed by atoms with Gasteiger partial charge in [-0.25, -0.2) is 4.98 Å². The van der Waals surface area contributed by atoms with Crippen molar-refractivity contribution in [2.24, 2.45) is 5.92 Å². The monoisotopic (exact) mass is 226 g/mol. The molecule has 88 valence electrons. The molecule has 0 bridgehead atoms. The van der Waals surface area contributed by atoms with Crippen LogP contribution in [0, 0.1) is 5.92 Å². The van der Waals surface area contributed by atoms with Crippen LogP contribution in [0.2, 0.25) is 0 Å². The highest BCUT2D eigenvalue weighted by Crippen LogP contribution is 2.35. The lowest BCUT2D eigenvalue weighted by Crippen LogP contribution is -2.19. The molecule has 0 saturated heterocycles. The molecule has 0 radical (unpaired) electrons. The lowest BCUT2D eigenvalue weighted by atomic mass is 9.76. The average molecular weight is 226 g/mol. The Morgan fingerprint density at radius 2 is 2.24 bits per heavy atom. The summed E-state index contributed by atoms with van der Waals surface area (Å²) in [5, 5.41) is 0. The van der Waals surface area contributed by atoms with Crippen LogP contribution in [0.4, 0.5) is 0 Å². The zero-order valence-corrected chi connectivity index (χ0v) is 10.2. The number of aromatic amines is 1. The maximum Gasteiger partial charge on any atom is 0.0921 e. The predicted molar refractivity (Wildman–Crippen MR) is 69.0 cm³/mol. The van der Waals surface area contributed by atoms with Crippen LogP contribution in [0.15, 0.2) is 36.8 Å². The minimum absolute atomic E-state index is 0.688. The van der Waals surface area contributed by atoms with E-state index in [0.717, 1.165) is 12.3 Å². The zero-order valence-electron chi connectivity index (χ0n) is 10.2. The molecule has 0 aliphatic heterocycles. The van der Waals surface area contributed by atoms with E-state index < -0.39 is 0 Å². The number of imidazole rings is 1. The van der Waals surface area contributed by atoms with Gasteiger partial charge in [0.25, 0.3) is 0 Å². The Balaban J connectivity index is 1.79. The molecule has 1 N–H and O–H groups in total. The quantitative estimate of drug-likeness (QED) is 0.836. The lowest BCUT2D eigenvalue weighted by Gasteiger charge is -2.29. The SMILES string of the molecule is C[C@H]1C[C@@H](Cc2cnc[nH]2)Cc2ccccc21. The number of nitrogens with one attached hydrogen (secondary N) is 1. The standard InChI is InChI=1S/C15H18N2/c1-11-6-12(8-14-9-16-10-17-14)7-13-4-2-3-5-15(11)13/h2-5,9-12H,6-8H2,1H3,(H,16,17)/t11-,12+/m0/s1. The summed E-state index contributed by atoms with van der Waals surface area (Å²) in [6.07, 6.45) is 7.34. The largest absolute Gasteiger partial charge is 0.348 e. The first-order valence-electron chi connectivity index (χ1n) is 6.38. The van der Waals surface area contributed by atoms with Crippen molar-refractivity contribution in [2.45, 2.75) is 32.1 Å². The fourth-order valence-corrected chi connectivity index (χ4v) is 3.08. The van der Waals surface area contributed by atoms with Crippen molar-refractivity contribution in [3.63, 3.8) is 0 Å². The number of H-pyrrole nitrogens is 1. The smallest absolute Gasteiger partial charge is 0.0921 e. The number of hydrogen-bond donors (Lipinski definition) is 1. The predicted octanol–water partition coefficient (Wildman–Crippen LogP) is 3.32. The van der Waals surface area contributed by atoms with Gasteiger partial charge in [-0.15, -0.1) is 0 Å². The van der Waals surface area contributed by atoms with E-state index in [4.69, 9.17) is 0 Å². The molecule has 0 spiro atoms. The van der Waals surface area contributed by atoms with Crippen LogP contribution in [0.1, 0.15) is 36.1 Å². The Morgan fingerprint density at radius 1 is 1.35 bits per heavy atom. The van der Waals surface area contributed by atoms with Gasteiger partial charge in [0, 0.05) is 11.9 Å². The number of aromatic nitrogens is 2. The third-order valence-electron chi connectivity index (χ3n) is 3.84. The molecule has 1 heterocycles. The summed E-state index contributed by atoms with van der Waals surface area (Å²) in [5.74, 6) is 1.44. The summed E-state index contributed by atoms with van der Waals surface area (Å²) in [4.78, 5) is 7.31. The van der Waals surface area contributed by atoms with E-state index in [2.05, 4.69) is 41.2 Å². The van der Waals surface area contributed by atoms with Crippen molar-refractivity contribution in [1.29, 1.82) is 0 Å². The van der Waals surface area contributed by atoms with Crippen LogP contribution in [-0.2, 0) is 12.8 Å². The number of nitrogens with zero attached hydrogens (tertiary/aromatic N) is 1. The summed E-state index contributed by atoms with van der Waals surface area (Å²) >= 11 is 0. The third-order valence-corrected chi connectivity index (χ3v) is 3.84. The highest BCUT2D eigenvalue weighted by molar-refractivity contribution is 5.32. The lowest BCUT2D eigenvalue weighted by molar-refractivity contribution is 0.411. The van der Waals surface area contributed by atoms with E-state index in [1.54, 1.807) is 11.9 Å². The van der Waals surface area contributed by atoms with E-state index in [1.165, 1.54) is 24.1 Å². The second-order valence-corrected chi connectivity index (χ2v) is 5.19. The number of benzene rings is 1. The van der Waals surface area contributed by atoms with Crippen LogP contribution in [0.3, 0.4) is 0 Å². The molecular formula is C15H18N2. The fraction of sp³-hybridized carbons (Fsp3) is 0.400. The second kappa shape index (κ2) is 4.36. The van der Waals surface area contributed by atoms with Crippen molar-refractivity contribution >= 4 is 0 Å². The van der Waals surface area contributed by atoms with Gasteiger partial charge < -0.3 is 4.98 Å². The number of hydrogen-bond acceptors (Lipinski definition) is 1. The molecule has 17 heavy (non-hydrogen) atoms. The molecule has 0 unspecified atom stereocenters. The van der Waals surface area contributed by atoms with E-state index in [-0.39, 0.29) is 0 Å². The van der Waals surface area contributed by atoms with Crippen LogP contribution < -0.4 is 0 Å². The van der Waals surface area contributed by atoms with Gasteiger partial charge in [0.1, 0.15) is 0 Å². The maximum atomic E-state index is 4.10. The molecule has 0 saturated carbocycles. The van der Waals surface area contributed by atoms with Gasteiger partial charge in [0.05, 0.1) is 6.33 Å². The van der Waals surface area contributed by atoms with E-state index in [1.807, 2.05) is 6.20 Å². The van der Waals surface area contributed by atoms with Crippen molar-refractivity contribution in [1.82, 2.24) is 9.97 Å².